The molecule has 108 valence electrons. The van der Waals surface area contributed by atoms with E-state index in [1.54, 1.807) is 0 Å². The van der Waals surface area contributed by atoms with Crippen LogP contribution in [0, 0.1) is 13.8 Å². The second-order valence-corrected chi connectivity index (χ2v) is 5.35. The summed E-state index contributed by atoms with van der Waals surface area (Å²) in [5, 5.41) is 0.769. The molecule has 0 saturated carbocycles. The Hall–Kier alpha value is -2.43. The van der Waals surface area contributed by atoms with Crippen molar-refractivity contribution in [3.8, 4) is 0 Å². The van der Waals surface area contributed by atoms with Crippen LogP contribution in [0.15, 0.2) is 27.4 Å². The van der Waals surface area contributed by atoms with Gasteiger partial charge in [0.05, 0.1) is 6.54 Å². The van der Waals surface area contributed by atoms with Crippen LogP contribution in [0.2, 0.25) is 0 Å². The van der Waals surface area contributed by atoms with E-state index in [0.717, 1.165) is 16.5 Å². The average molecular weight is 285 g/mol. The van der Waals surface area contributed by atoms with Crippen molar-refractivity contribution in [3.05, 3.63) is 45.3 Å². The second kappa shape index (κ2) is 4.84. The number of hydrogen-bond acceptors (Lipinski definition) is 4. The van der Waals surface area contributed by atoms with Gasteiger partial charge in [0.1, 0.15) is 5.58 Å². The maximum Gasteiger partial charge on any atom is 0.336 e. The molecule has 0 unspecified atom stereocenters. The third-order valence-electron chi connectivity index (χ3n) is 4.00. The molecule has 3 rings (SSSR count). The van der Waals surface area contributed by atoms with Gasteiger partial charge in [-0.2, -0.15) is 0 Å². The lowest BCUT2D eigenvalue weighted by Crippen LogP contribution is -2.28. The van der Waals surface area contributed by atoms with Crippen LogP contribution in [0.3, 0.4) is 0 Å². The van der Waals surface area contributed by atoms with Gasteiger partial charge in [-0.05, 0) is 30.5 Å². The zero-order chi connectivity index (χ0) is 15.1. The maximum atomic E-state index is 11.7. The average Bonchev–Trinajstić information content (AvgIpc) is 2.75. The molecule has 21 heavy (non-hydrogen) atoms. The van der Waals surface area contributed by atoms with Crippen molar-refractivity contribution in [2.24, 2.45) is 0 Å². The molecular formula is C16H15NO4. The molecule has 2 aromatic rings. The van der Waals surface area contributed by atoms with E-state index in [9.17, 15) is 14.4 Å². The summed E-state index contributed by atoms with van der Waals surface area (Å²) in [6.07, 6.45) is 0.493. The van der Waals surface area contributed by atoms with E-state index in [-0.39, 0.29) is 31.2 Å². The van der Waals surface area contributed by atoms with E-state index >= 15 is 0 Å². The molecule has 1 aliphatic rings. The first kappa shape index (κ1) is 13.5. The molecule has 2 amide bonds. The van der Waals surface area contributed by atoms with Gasteiger partial charge in [-0.15, -0.1) is 0 Å². The zero-order valence-electron chi connectivity index (χ0n) is 11.9. The quantitative estimate of drug-likeness (QED) is 0.625. The lowest BCUT2D eigenvalue weighted by Gasteiger charge is -2.15. The number of likely N-dealkylation sites (tertiary alicyclic amines) is 1. The molecule has 1 saturated heterocycles. The van der Waals surface area contributed by atoms with E-state index in [0.29, 0.717) is 11.1 Å². The molecule has 5 nitrogen and oxygen atoms in total. The highest BCUT2D eigenvalue weighted by Crippen LogP contribution is 2.25. The van der Waals surface area contributed by atoms with E-state index in [1.165, 1.54) is 11.0 Å². The standard InChI is InChI=1S/C16H15NO4/c1-9-3-4-12-11(7-15(20)21-16(12)10(9)2)8-17-13(18)5-6-14(17)19/h3-4,7H,5-6,8H2,1-2H3. The van der Waals surface area contributed by atoms with Crippen LogP contribution in [0.25, 0.3) is 11.0 Å². The number of carbonyl (C=O) groups excluding carboxylic acids is 2. The summed E-state index contributed by atoms with van der Waals surface area (Å²) < 4.78 is 5.29. The molecule has 5 heteroatoms. The van der Waals surface area contributed by atoms with Crippen molar-refractivity contribution in [3.63, 3.8) is 0 Å². The molecule has 0 aliphatic carbocycles. The third kappa shape index (κ3) is 2.24. The number of aryl methyl sites for hydroxylation is 2. The van der Waals surface area contributed by atoms with E-state index in [1.807, 2.05) is 26.0 Å². The third-order valence-corrected chi connectivity index (χ3v) is 4.00. The first-order valence-electron chi connectivity index (χ1n) is 6.83. The molecule has 0 spiro atoms. The van der Waals surface area contributed by atoms with Crippen molar-refractivity contribution in [2.45, 2.75) is 33.2 Å². The van der Waals surface area contributed by atoms with E-state index in [2.05, 4.69) is 0 Å². The number of amides is 2. The van der Waals surface area contributed by atoms with E-state index < -0.39 is 5.63 Å². The Labute approximate surface area is 121 Å². The summed E-state index contributed by atoms with van der Waals surface area (Å²) in [6, 6.07) is 5.16. The largest absolute Gasteiger partial charge is 0.422 e. The van der Waals surface area contributed by atoms with Crippen molar-refractivity contribution in [2.75, 3.05) is 0 Å². The number of fused-ring (bicyclic) bond motifs is 1. The number of nitrogens with zero attached hydrogens (tertiary/aromatic N) is 1. The van der Waals surface area contributed by atoms with Crippen LogP contribution >= 0.6 is 0 Å². The Morgan fingerprint density at radius 3 is 2.43 bits per heavy atom. The molecule has 2 heterocycles. The minimum Gasteiger partial charge on any atom is -0.422 e. The summed E-state index contributed by atoms with van der Waals surface area (Å²) in [5.74, 6) is -0.379. The molecule has 0 atom stereocenters. The molecular weight excluding hydrogens is 270 g/mol. The van der Waals surface area contributed by atoms with Crippen LogP contribution in [-0.2, 0) is 16.1 Å². The first-order chi connectivity index (χ1) is 9.97. The number of benzene rings is 1. The topological polar surface area (TPSA) is 67.6 Å². The van der Waals surface area contributed by atoms with Gasteiger partial charge >= 0.3 is 5.63 Å². The van der Waals surface area contributed by atoms with Crippen LogP contribution in [0.5, 0.6) is 0 Å². The molecule has 0 radical (unpaired) electrons. The summed E-state index contributed by atoms with van der Waals surface area (Å²) in [5.41, 5.74) is 2.62. The van der Waals surface area contributed by atoms with Gasteiger partial charge in [-0.3, -0.25) is 14.5 Å². The van der Waals surface area contributed by atoms with Gasteiger partial charge in [-0.25, -0.2) is 4.79 Å². The van der Waals surface area contributed by atoms with Crippen molar-refractivity contribution in [1.82, 2.24) is 4.90 Å². The second-order valence-electron chi connectivity index (χ2n) is 5.35. The van der Waals surface area contributed by atoms with Crippen LogP contribution in [-0.4, -0.2) is 16.7 Å². The Bertz CT molecular complexity index is 803. The van der Waals surface area contributed by atoms with Crippen LogP contribution in [0.1, 0.15) is 29.5 Å². The minimum absolute atomic E-state index is 0.127. The van der Waals surface area contributed by atoms with Crippen LogP contribution < -0.4 is 5.63 Å². The fourth-order valence-corrected chi connectivity index (χ4v) is 2.62. The predicted octanol–water partition coefficient (Wildman–Crippen LogP) is 2.06. The van der Waals surface area contributed by atoms with Crippen molar-refractivity contribution in [1.29, 1.82) is 0 Å². The highest BCUT2D eigenvalue weighted by molar-refractivity contribution is 6.02. The lowest BCUT2D eigenvalue weighted by atomic mass is 10.0. The van der Waals surface area contributed by atoms with Gasteiger partial charge in [0, 0.05) is 24.3 Å². The summed E-state index contributed by atoms with van der Waals surface area (Å²) in [4.78, 5) is 36.4. The summed E-state index contributed by atoms with van der Waals surface area (Å²) >= 11 is 0. The number of carbonyl (C=O) groups is 2. The fraction of sp³-hybridized carbons (Fsp3) is 0.312. The molecule has 0 N–H and O–H groups in total. The normalized spacial score (nSPS) is 15.2. The smallest absolute Gasteiger partial charge is 0.336 e. The summed E-state index contributed by atoms with van der Waals surface area (Å²) in [7, 11) is 0. The predicted molar refractivity (Wildman–Crippen MR) is 76.7 cm³/mol. The highest BCUT2D eigenvalue weighted by Gasteiger charge is 2.29. The fourth-order valence-electron chi connectivity index (χ4n) is 2.62. The van der Waals surface area contributed by atoms with Gasteiger partial charge in [0.2, 0.25) is 11.8 Å². The summed E-state index contributed by atoms with van der Waals surface area (Å²) in [6.45, 7) is 3.95. The first-order valence-corrected chi connectivity index (χ1v) is 6.83. The lowest BCUT2D eigenvalue weighted by molar-refractivity contribution is -0.139. The van der Waals surface area contributed by atoms with Gasteiger partial charge in [0.15, 0.2) is 0 Å². The number of imide groups is 1. The van der Waals surface area contributed by atoms with Crippen molar-refractivity contribution >= 4 is 22.8 Å². The zero-order valence-corrected chi connectivity index (χ0v) is 11.9. The molecule has 1 fully saturated rings. The monoisotopic (exact) mass is 285 g/mol. The molecule has 1 aromatic carbocycles. The number of hydrogen-bond donors (Lipinski definition) is 0. The Kier molecular flexibility index (Phi) is 3.12. The Morgan fingerprint density at radius 1 is 1.10 bits per heavy atom. The number of rotatable bonds is 2. The molecule has 1 aromatic heterocycles. The molecule has 1 aliphatic heterocycles. The Morgan fingerprint density at radius 2 is 1.76 bits per heavy atom. The highest BCUT2D eigenvalue weighted by atomic mass is 16.4. The van der Waals surface area contributed by atoms with Gasteiger partial charge in [-0.1, -0.05) is 12.1 Å². The van der Waals surface area contributed by atoms with E-state index in [4.69, 9.17) is 4.42 Å². The van der Waals surface area contributed by atoms with Gasteiger partial charge < -0.3 is 4.42 Å². The molecule has 0 bridgehead atoms. The maximum absolute atomic E-state index is 11.7. The SMILES string of the molecule is Cc1ccc2c(CN3C(=O)CCC3=O)cc(=O)oc2c1C. The van der Waals surface area contributed by atoms with Gasteiger partial charge in [0.25, 0.3) is 0 Å². The minimum atomic E-state index is -0.467. The van der Waals surface area contributed by atoms with Crippen molar-refractivity contribution < 1.29 is 14.0 Å². The van der Waals surface area contributed by atoms with Crippen LogP contribution in [0.4, 0.5) is 0 Å². The Balaban J connectivity index is 2.14.